The molecule has 5 nitrogen and oxygen atoms in total. The third-order valence-corrected chi connectivity index (χ3v) is 2.93. The minimum atomic E-state index is -0.532. The first-order valence-corrected chi connectivity index (χ1v) is 6.19. The van der Waals surface area contributed by atoms with Crippen LogP contribution >= 0.6 is 0 Å². The number of benzene rings is 2. The SMILES string of the molecule is COc1cc(/C=C/c2cc(O)c(O)c(O)c2)cc(OC)c1. The highest BCUT2D eigenvalue weighted by molar-refractivity contribution is 5.73. The van der Waals surface area contributed by atoms with E-state index in [2.05, 4.69) is 0 Å². The minimum Gasteiger partial charge on any atom is -0.504 e. The van der Waals surface area contributed by atoms with Crippen molar-refractivity contribution in [2.24, 2.45) is 0 Å². The van der Waals surface area contributed by atoms with Gasteiger partial charge in [0.05, 0.1) is 14.2 Å². The summed E-state index contributed by atoms with van der Waals surface area (Å²) in [6, 6.07) is 8.10. The standard InChI is InChI=1S/C16H16O5/c1-20-12-5-10(6-13(9-12)21-2)3-4-11-7-14(17)16(19)15(18)8-11/h3-9,17-19H,1-2H3/b4-3+. The summed E-state index contributed by atoms with van der Waals surface area (Å²) in [5.41, 5.74) is 1.38. The topological polar surface area (TPSA) is 79.2 Å². The van der Waals surface area contributed by atoms with Crippen molar-refractivity contribution in [2.45, 2.75) is 0 Å². The average molecular weight is 288 g/mol. The van der Waals surface area contributed by atoms with E-state index in [1.807, 2.05) is 12.1 Å². The Kier molecular flexibility index (Phi) is 4.23. The fourth-order valence-electron chi connectivity index (χ4n) is 1.84. The van der Waals surface area contributed by atoms with Crippen molar-refractivity contribution < 1.29 is 24.8 Å². The zero-order valence-electron chi connectivity index (χ0n) is 11.7. The molecule has 0 aliphatic carbocycles. The Morgan fingerprint density at radius 2 is 1.14 bits per heavy atom. The smallest absolute Gasteiger partial charge is 0.200 e. The number of ether oxygens (including phenoxy) is 2. The van der Waals surface area contributed by atoms with Crippen LogP contribution in [0.3, 0.4) is 0 Å². The Morgan fingerprint density at radius 3 is 1.57 bits per heavy atom. The van der Waals surface area contributed by atoms with Gasteiger partial charge < -0.3 is 24.8 Å². The van der Waals surface area contributed by atoms with E-state index in [0.717, 1.165) is 5.56 Å². The number of phenols is 3. The van der Waals surface area contributed by atoms with Crippen molar-refractivity contribution in [1.29, 1.82) is 0 Å². The predicted molar refractivity (Wildman–Crippen MR) is 79.9 cm³/mol. The summed E-state index contributed by atoms with van der Waals surface area (Å²) in [4.78, 5) is 0. The fourth-order valence-corrected chi connectivity index (χ4v) is 1.84. The molecule has 0 heterocycles. The van der Waals surface area contributed by atoms with Crippen molar-refractivity contribution in [1.82, 2.24) is 0 Å². The molecule has 0 amide bonds. The van der Waals surface area contributed by atoms with E-state index in [9.17, 15) is 15.3 Å². The third-order valence-electron chi connectivity index (χ3n) is 2.93. The normalized spacial score (nSPS) is 10.8. The van der Waals surface area contributed by atoms with E-state index >= 15 is 0 Å². The molecule has 110 valence electrons. The molecule has 0 aromatic heterocycles. The molecule has 2 rings (SSSR count). The minimum absolute atomic E-state index is 0.377. The molecule has 21 heavy (non-hydrogen) atoms. The van der Waals surface area contributed by atoms with Gasteiger partial charge in [-0.3, -0.25) is 0 Å². The zero-order valence-corrected chi connectivity index (χ0v) is 11.7. The molecule has 0 saturated carbocycles. The lowest BCUT2D eigenvalue weighted by molar-refractivity contribution is 0.368. The van der Waals surface area contributed by atoms with Gasteiger partial charge in [-0.1, -0.05) is 12.2 Å². The van der Waals surface area contributed by atoms with E-state index in [0.29, 0.717) is 17.1 Å². The molecule has 0 spiro atoms. The van der Waals surface area contributed by atoms with Gasteiger partial charge in [0.15, 0.2) is 17.2 Å². The lowest BCUT2D eigenvalue weighted by atomic mass is 10.1. The quantitative estimate of drug-likeness (QED) is 0.595. The molecule has 0 radical (unpaired) electrons. The van der Waals surface area contributed by atoms with E-state index in [-0.39, 0.29) is 11.5 Å². The zero-order chi connectivity index (χ0) is 15.4. The largest absolute Gasteiger partial charge is 0.504 e. The van der Waals surface area contributed by atoms with Crippen LogP contribution in [-0.2, 0) is 0 Å². The molecule has 0 atom stereocenters. The van der Waals surface area contributed by atoms with Gasteiger partial charge in [0.25, 0.3) is 0 Å². The second kappa shape index (κ2) is 6.09. The van der Waals surface area contributed by atoms with E-state index in [4.69, 9.17) is 9.47 Å². The van der Waals surface area contributed by atoms with Crippen LogP contribution in [0.25, 0.3) is 12.2 Å². The van der Waals surface area contributed by atoms with Crippen molar-refractivity contribution >= 4 is 12.2 Å². The average Bonchev–Trinajstić information content (AvgIpc) is 2.49. The highest BCUT2D eigenvalue weighted by atomic mass is 16.5. The molecule has 0 saturated heterocycles. The Labute approximate surface area is 122 Å². The van der Waals surface area contributed by atoms with Crippen LogP contribution in [-0.4, -0.2) is 29.5 Å². The van der Waals surface area contributed by atoms with Gasteiger partial charge in [-0.05, 0) is 35.4 Å². The van der Waals surface area contributed by atoms with Crippen LogP contribution in [0.2, 0.25) is 0 Å². The summed E-state index contributed by atoms with van der Waals surface area (Å²) in [6.45, 7) is 0. The second-order valence-corrected chi connectivity index (χ2v) is 4.39. The number of hydrogen-bond acceptors (Lipinski definition) is 5. The molecule has 0 fully saturated rings. The Balaban J connectivity index is 2.33. The molecule has 3 N–H and O–H groups in total. The van der Waals surface area contributed by atoms with Gasteiger partial charge in [0.2, 0.25) is 0 Å². The first-order chi connectivity index (χ1) is 10.0. The highest BCUT2D eigenvalue weighted by Crippen LogP contribution is 2.36. The first-order valence-electron chi connectivity index (χ1n) is 6.19. The summed E-state index contributed by atoms with van der Waals surface area (Å²) in [6.07, 6.45) is 3.46. The van der Waals surface area contributed by atoms with Crippen LogP contribution in [0.4, 0.5) is 0 Å². The molecular weight excluding hydrogens is 272 g/mol. The summed E-state index contributed by atoms with van der Waals surface area (Å²) >= 11 is 0. The molecule has 2 aromatic rings. The summed E-state index contributed by atoms with van der Waals surface area (Å²) in [7, 11) is 3.14. The molecule has 2 aromatic carbocycles. The number of methoxy groups -OCH3 is 2. The van der Waals surface area contributed by atoms with Crippen LogP contribution < -0.4 is 9.47 Å². The summed E-state index contributed by atoms with van der Waals surface area (Å²) in [5, 5.41) is 28.2. The van der Waals surface area contributed by atoms with E-state index < -0.39 is 5.75 Å². The van der Waals surface area contributed by atoms with Crippen LogP contribution in [0, 0.1) is 0 Å². The third kappa shape index (κ3) is 3.39. The molecular formula is C16H16O5. The molecule has 0 aliphatic rings. The second-order valence-electron chi connectivity index (χ2n) is 4.39. The van der Waals surface area contributed by atoms with Crippen molar-refractivity contribution in [3.8, 4) is 28.7 Å². The number of phenolic OH excluding ortho intramolecular Hbond substituents is 3. The monoisotopic (exact) mass is 288 g/mol. The molecule has 0 aliphatic heterocycles. The Morgan fingerprint density at radius 1 is 0.714 bits per heavy atom. The van der Waals surface area contributed by atoms with Crippen LogP contribution in [0.1, 0.15) is 11.1 Å². The number of aromatic hydroxyl groups is 3. The molecule has 0 bridgehead atoms. The van der Waals surface area contributed by atoms with Crippen LogP contribution in [0.15, 0.2) is 30.3 Å². The first kappa shape index (κ1) is 14.6. The Hall–Kier alpha value is -2.82. The van der Waals surface area contributed by atoms with Gasteiger partial charge in [-0.25, -0.2) is 0 Å². The lowest BCUT2D eigenvalue weighted by Gasteiger charge is -2.06. The summed E-state index contributed by atoms with van der Waals surface area (Å²) < 4.78 is 10.4. The maximum absolute atomic E-state index is 9.46. The van der Waals surface area contributed by atoms with Gasteiger partial charge in [0, 0.05) is 6.07 Å². The van der Waals surface area contributed by atoms with E-state index in [1.165, 1.54) is 12.1 Å². The Bertz CT molecular complexity index is 631. The van der Waals surface area contributed by atoms with Crippen molar-refractivity contribution in [3.05, 3.63) is 41.5 Å². The fraction of sp³-hybridized carbons (Fsp3) is 0.125. The molecule has 0 unspecified atom stereocenters. The summed E-state index contributed by atoms with van der Waals surface area (Å²) in [5.74, 6) is 0.0294. The highest BCUT2D eigenvalue weighted by Gasteiger charge is 2.06. The maximum atomic E-state index is 9.46. The lowest BCUT2D eigenvalue weighted by Crippen LogP contribution is -1.88. The van der Waals surface area contributed by atoms with Gasteiger partial charge in [-0.2, -0.15) is 0 Å². The maximum Gasteiger partial charge on any atom is 0.200 e. The molecule has 5 heteroatoms. The van der Waals surface area contributed by atoms with Crippen molar-refractivity contribution in [3.63, 3.8) is 0 Å². The van der Waals surface area contributed by atoms with Crippen molar-refractivity contribution in [2.75, 3.05) is 14.2 Å². The van der Waals surface area contributed by atoms with Crippen LogP contribution in [0.5, 0.6) is 28.7 Å². The number of rotatable bonds is 4. The van der Waals surface area contributed by atoms with Gasteiger partial charge in [-0.15, -0.1) is 0 Å². The number of hydrogen-bond donors (Lipinski definition) is 3. The van der Waals surface area contributed by atoms with Gasteiger partial charge >= 0.3 is 0 Å². The predicted octanol–water partition coefficient (Wildman–Crippen LogP) is 2.99. The van der Waals surface area contributed by atoms with E-state index in [1.54, 1.807) is 32.4 Å². The van der Waals surface area contributed by atoms with Gasteiger partial charge in [0.1, 0.15) is 11.5 Å².